The van der Waals surface area contributed by atoms with Gasteiger partial charge in [-0.2, -0.15) is 5.26 Å². The summed E-state index contributed by atoms with van der Waals surface area (Å²) in [7, 11) is 0. The average Bonchev–Trinajstić information content (AvgIpc) is 2.37. The van der Waals surface area contributed by atoms with Crippen molar-refractivity contribution in [3.63, 3.8) is 0 Å². The fourth-order valence-electron chi connectivity index (χ4n) is 1.97. The lowest BCUT2D eigenvalue weighted by Crippen LogP contribution is -2.22. The summed E-state index contributed by atoms with van der Waals surface area (Å²) in [4.78, 5) is 0. The number of nitrogens with one attached hydrogen (secondary N) is 1. The third kappa shape index (κ3) is 3.72. The fraction of sp³-hybridized carbons (Fsp3) is 0.462. The van der Waals surface area contributed by atoms with Crippen molar-refractivity contribution in [1.29, 1.82) is 5.26 Å². The van der Waals surface area contributed by atoms with Gasteiger partial charge in [0.2, 0.25) is 0 Å². The van der Waals surface area contributed by atoms with Crippen LogP contribution >= 0.6 is 15.9 Å². The Bertz CT molecular complexity index is 422. The minimum Gasteiger partial charge on any atom is -0.385 e. The maximum absolute atomic E-state index is 8.89. The number of benzene rings is 1. The third-order valence-electron chi connectivity index (χ3n) is 2.96. The highest BCUT2D eigenvalue weighted by atomic mass is 79.9. The topological polar surface area (TPSA) is 45.0 Å². The van der Waals surface area contributed by atoms with Crippen LogP contribution in [-0.2, 0) is 4.74 Å². The quantitative estimate of drug-likeness (QED) is 0.931. The highest BCUT2D eigenvalue weighted by Crippen LogP contribution is 2.21. The molecule has 0 radical (unpaired) electrons. The maximum atomic E-state index is 8.89. The van der Waals surface area contributed by atoms with Gasteiger partial charge in [-0.3, -0.25) is 0 Å². The molecule has 1 saturated heterocycles. The molecule has 1 aliphatic rings. The second-order valence-electron chi connectivity index (χ2n) is 4.28. The second kappa shape index (κ2) is 6.04. The van der Waals surface area contributed by atoms with Gasteiger partial charge in [0.1, 0.15) is 0 Å². The van der Waals surface area contributed by atoms with E-state index in [9.17, 15) is 0 Å². The number of nitrogens with zero attached hydrogens (tertiary/aromatic N) is 1. The molecule has 1 heterocycles. The van der Waals surface area contributed by atoms with Crippen LogP contribution in [0.5, 0.6) is 0 Å². The molecule has 0 atom stereocenters. The van der Waals surface area contributed by atoms with Crippen LogP contribution in [-0.4, -0.2) is 19.8 Å². The summed E-state index contributed by atoms with van der Waals surface area (Å²) in [5, 5.41) is 12.3. The Morgan fingerprint density at radius 1 is 1.35 bits per heavy atom. The van der Waals surface area contributed by atoms with E-state index in [2.05, 4.69) is 27.3 Å². The van der Waals surface area contributed by atoms with Gasteiger partial charge in [-0.25, -0.2) is 0 Å². The fourth-order valence-corrected chi connectivity index (χ4v) is 2.46. The second-order valence-corrected chi connectivity index (χ2v) is 5.19. The first-order valence-electron chi connectivity index (χ1n) is 5.80. The number of anilines is 1. The molecule has 3 nitrogen and oxygen atoms in total. The Morgan fingerprint density at radius 3 is 2.82 bits per heavy atom. The zero-order chi connectivity index (χ0) is 12.1. The molecule has 1 aromatic carbocycles. The van der Waals surface area contributed by atoms with Gasteiger partial charge >= 0.3 is 0 Å². The van der Waals surface area contributed by atoms with Crippen molar-refractivity contribution in [1.82, 2.24) is 0 Å². The lowest BCUT2D eigenvalue weighted by atomic mass is 10.0. The van der Waals surface area contributed by atoms with Crippen molar-refractivity contribution >= 4 is 21.6 Å². The minimum absolute atomic E-state index is 0.674. The minimum atomic E-state index is 0.674. The van der Waals surface area contributed by atoms with Crippen LogP contribution < -0.4 is 5.32 Å². The van der Waals surface area contributed by atoms with Crippen molar-refractivity contribution in [2.75, 3.05) is 25.1 Å². The van der Waals surface area contributed by atoms with Gasteiger partial charge in [-0.05, 0) is 37.0 Å². The average molecular weight is 295 g/mol. The summed E-state index contributed by atoms with van der Waals surface area (Å²) in [5.41, 5.74) is 1.68. The lowest BCUT2D eigenvalue weighted by Gasteiger charge is -2.22. The van der Waals surface area contributed by atoms with Gasteiger partial charge in [0.05, 0.1) is 11.6 Å². The molecule has 4 heteroatoms. The van der Waals surface area contributed by atoms with Crippen molar-refractivity contribution in [3.8, 4) is 6.07 Å². The number of halogens is 1. The Hall–Kier alpha value is -1.05. The van der Waals surface area contributed by atoms with Gasteiger partial charge in [-0.15, -0.1) is 0 Å². The largest absolute Gasteiger partial charge is 0.385 e. The van der Waals surface area contributed by atoms with E-state index >= 15 is 0 Å². The molecule has 0 unspecified atom stereocenters. The zero-order valence-corrected chi connectivity index (χ0v) is 11.2. The molecule has 0 spiro atoms. The molecular weight excluding hydrogens is 280 g/mol. The highest BCUT2D eigenvalue weighted by Gasteiger charge is 2.13. The molecule has 0 saturated carbocycles. The Morgan fingerprint density at radius 2 is 2.12 bits per heavy atom. The predicted molar refractivity (Wildman–Crippen MR) is 70.9 cm³/mol. The lowest BCUT2D eigenvalue weighted by molar-refractivity contribution is 0.0699. The van der Waals surface area contributed by atoms with Crippen LogP contribution in [0.4, 0.5) is 5.69 Å². The molecule has 17 heavy (non-hydrogen) atoms. The molecule has 90 valence electrons. The molecule has 1 fully saturated rings. The van der Waals surface area contributed by atoms with E-state index in [0.29, 0.717) is 11.5 Å². The number of rotatable bonds is 3. The summed E-state index contributed by atoms with van der Waals surface area (Å²) in [6.45, 7) is 2.69. The summed E-state index contributed by atoms with van der Waals surface area (Å²) in [5.74, 6) is 0.674. The SMILES string of the molecule is N#Cc1cc(Br)cc(NCC2CCOCC2)c1. The molecule has 0 bridgehead atoms. The van der Waals surface area contributed by atoms with Gasteiger partial charge in [-0.1, -0.05) is 15.9 Å². The number of nitriles is 1. The van der Waals surface area contributed by atoms with Gasteiger partial charge in [0, 0.05) is 29.9 Å². The number of hydrogen-bond acceptors (Lipinski definition) is 3. The molecule has 0 amide bonds. The van der Waals surface area contributed by atoms with Crippen LogP contribution in [0.1, 0.15) is 18.4 Å². The van der Waals surface area contributed by atoms with Gasteiger partial charge in [0.15, 0.2) is 0 Å². The molecule has 0 aromatic heterocycles. The summed E-state index contributed by atoms with van der Waals surface area (Å²) in [6.07, 6.45) is 2.23. The van der Waals surface area contributed by atoms with E-state index < -0.39 is 0 Å². The number of hydrogen-bond donors (Lipinski definition) is 1. The normalized spacial score (nSPS) is 16.5. The van der Waals surface area contributed by atoms with E-state index in [-0.39, 0.29) is 0 Å². The van der Waals surface area contributed by atoms with Crippen LogP contribution in [0.25, 0.3) is 0 Å². The van der Waals surface area contributed by atoms with Crippen molar-refractivity contribution in [2.24, 2.45) is 5.92 Å². The predicted octanol–water partition coefficient (Wildman–Crippen LogP) is 3.16. The van der Waals surface area contributed by atoms with E-state index in [1.54, 1.807) is 0 Å². The zero-order valence-electron chi connectivity index (χ0n) is 9.58. The first-order valence-corrected chi connectivity index (χ1v) is 6.59. The van der Waals surface area contributed by atoms with Gasteiger partial charge < -0.3 is 10.1 Å². The van der Waals surface area contributed by atoms with Crippen LogP contribution in [0.3, 0.4) is 0 Å². The van der Waals surface area contributed by atoms with E-state index in [1.165, 1.54) is 0 Å². The van der Waals surface area contributed by atoms with Crippen molar-refractivity contribution < 1.29 is 4.74 Å². The first-order chi connectivity index (χ1) is 8.28. The van der Waals surface area contributed by atoms with Crippen LogP contribution in [0.2, 0.25) is 0 Å². The van der Waals surface area contributed by atoms with E-state index in [4.69, 9.17) is 10.00 Å². The molecule has 1 aromatic rings. The Kier molecular flexibility index (Phi) is 4.41. The summed E-state index contributed by atoms with van der Waals surface area (Å²) >= 11 is 3.41. The smallest absolute Gasteiger partial charge is 0.0992 e. The molecule has 1 aliphatic heterocycles. The van der Waals surface area contributed by atoms with Crippen molar-refractivity contribution in [3.05, 3.63) is 28.2 Å². The van der Waals surface area contributed by atoms with Gasteiger partial charge in [0.25, 0.3) is 0 Å². The van der Waals surface area contributed by atoms with E-state index in [0.717, 1.165) is 42.8 Å². The van der Waals surface area contributed by atoms with E-state index in [1.807, 2.05) is 18.2 Å². The molecule has 0 aliphatic carbocycles. The monoisotopic (exact) mass is 294 g/mol. The standard InChI is InChI=1S/C13H15BrN2O/c14-12-5-11(8-15)6-13(7-12)16-9-10-1-3-17-4-2-10/h5-7,10,16H,1-4,9H2. The molecular formula is C13H15BrN2O. The van der Waals surface area contributed by atoms with Crippen LogP contribution in [0, 0.1) is 17.2 Å². The Balaban J connectivity index is 1.94. The van der Waals surface area contributed by atoms with Crippen LogP contribution in [0.15, 0.2) is 22.7 Å². The highest BCUT2D eigenvalue weighted by molar-refractivity contribution is 9.10. The number of ether oxygens (including phenoxy) is 1. The molecule has 1 N–H and O–H groups in total. The third-order valence-corrected chi connectivity index (χ3v) is 3.42. The summed E-state index contributed by atoms with van der Waals surface area (Å²) < 4.78 is 6.27. The maximum Gasteiger partial charge on any atom is 0.0992 e. The summed E-state index contributed by atoms with van der Waals surface area (Å²) in [6, 6.07) is 7.85. The first kappa shape index (κ1) is 12.4. The Labute approximate surface area is 110 Å². The molecule has 2 rings (SSSR count). The van der Waals surface area contributed by atoms with Crippen molar-refractivity contribution in [2.45, 2.75) is 12.8 Å².